The first kappa shape index (κ1) is 13.4. The molecule has 2 aliphatic rings. The molecule has 3 N–H and O–H groups in total. The van der Waals surface area contributed by atoms with Crippen molar-refractivity contribution < 1.29 is 4.79 Å². The molecule has 1 aromatic rings. The number of piperazine rings is 1. The van der Waals surface area contributed by atoms with Gasteiger partial charge < -0.3 is 10.3 Å². The van der Waals surface area contributed by atoms with Crippen LogP contribution in [0.25, 0.3) is 0 Å². The van der Waals surface area contributed by atoms with Crippen molar-refractivity contribution in [2.75, 3.05) is 31.6 Å². The average molecular weight is 274 g/mol. The Balaban J connectivity index is 1.71. The molecule has 108 valence electrons. The highest BCUT2D eigenvalue weighted by atomic mass is 16.2. The van der Waals surface area contributed by atoms with Crippen LogP contribution >= 0.6 is 0 Å². The largest absolute Gasteiger partial charge is 0.336 e. The highest BCUT2D eigenvalue weighted by Gasteiger charge is 2.32. The Labute approximate surface area is 119 Å². The second kappa shape index (κ2) is 5.42. The first-order valence-electron chi connectivity index (χ1n) is 7.29. The molecule has 0 aromatic heterocycles. The lowest BCUT2D eigenvalue weighted by atomic mass is 10.1. The summed E-state index contributed by atoms with van der Waals surface area (Å²) in [6, 6.07) is 6.51. The molecule has 20 heavy (non-hydrogen) atoms. The topological polar surface area (TPSA) is 61.6 Å². The lowest BCUT2D eigenvalue weighted by Gasteiger charge is -2.35. The predicted octanol–water partition coefficient (Wildman–Crippen LogP) is 1.20. The molecule has 1 saturated heterocycles. The third-order valence-electron chi connectivity index (χ3n) is 4.23. The molecule has 3 rings (SSSR count). The molecule has 0 unspecified atom stereocenters. The summed E-state index contributed by atoms with van der Waals surface area (Å²) in [5.74, 6) is 5.59. The third-order valence-corrected chi connectivity index (χ3v) is 4.23. The number of benzene rings is 1. The highest BCUT2D eigenvalue weighted by molar-refractivity contribution is 5.99. The van der Waals surface area contributed by atoms with Crippen LogP contribution in [0.5, 0.6) is 0 Å². The molecular weight excluding hydrogens is 252 g/mol. The molecule has 5 nitrogen and oxygen atoms in total. The maximum absolute atomic E-state index is 12.6. The van der Waals surface area contributed by atoms with Gasteiger partial charge in [-0.15, -0.1) is 0 Å². The minimum absolute atomic E-state index is 0.0806. The maximum Gasteiger partial charge on any atom is 0.256 e. The van der Waals surface area contributed by atoms with Gasteiger partial charge in [-0.25, -0.2) is 0 Å². The van der Waals surface area contributed by atoms with Gasteiger partial charge in [-0.2, -0.15) is 0 Å². The number of carbonyl (C=O) groups excluding carboxylic acids is 1. The van der Waals surface area contributed by atoms with Gasteiger partial charge in [0.15, 0.2) is 0 Å². The van der Waals surface area contributed by atoms with Crippen LogP contribution in [0.2, 0.25) is 0 Å². The quantitative estimate of drug-likeness (QED) is 0.642. The number of amides is 1. The zero-order valence-corrected chi connectivity index (χ0v) is 11.9. The molecular formula is C15H22N4O. The van der Waals surface area contributed by atoms with Crippen LogP contribution in [-0.2, 0) is 0 Å². The Morgan fingerprint density at radius 2 is 1.95 bits per heavy atom. The number of hydrogen-bond acceptors (Lipinski definition) is 4. The van der Waals surface area contributed by atoms with Crippen molar-refractivity contribution in [1.29, 1.82) is 0 Å². The smallest absolute Gasteiger partial charge is 0.256 e. The standard InChI is InChI=1S/C15H22N4O/c1-11-2-5-14(17-16)13(10-11)15(20)19-8-6-18(7-9-19)12-3-4-12/h2,5,10,12,17H,3-4,6-9,16H2,1H3. The third kappa shape index (κ3) is 2.64. The van der Waals surface area contributed by atoms with Crippen LogP contribution in [0.15, 0.2) is 18.2 Å². The molecule has 0 radical (unpaired) electrons. The zero-order chi connectivity index (χ0) is 14.1. The summed E-state index contributed by atoms with van der Waals surface area (Å²) in [4.78, 5) is 17.1. The van der Waals surface area contributed by atoms with E-state index in [0.29, 0.717) is 11.3 Å². The van der Waals surface area contributed by atoms with E-state index in [1.165, 1.54) is 12.8 Å². The van der Waals surface area contributed by atoms with Gasteiger partial charge in [0.05, 0.1) is 11.3 Å². The van der Waals surface area contributed by atoms with E-state index in [0.717, 1.165) is 37.8 Å². The number of hydrazine groups is 1. The molecule has 0 bridgehead atoms. The number of aryl methyl sites for hydroxylation is 1. The molecule has 1 aromatic carbocycles. The summed E-state index contributed by atoms with van der Waals surface area (Å²) < 4.78 is 0. The first-order valence-corrected chi connectivity index (χ1v) is 7.29. The van der Waals surface area contributed by atoms with Crippen molar-refractivity contribution in [3.63, 3.8) is 0 Å². The van der Waals surface area contributed by atoms with Crippen LogP contribution in [0, 0.1) is 6.92 Å². The van der Waals surface area contributed by atoms with E-state index in [2.05, 4.69) is 10.3 Å². The second-order valence-corrected chi connectivity index (χ2v) is 5.75. The Hall–Kier alpha value is -1.59. The fourth-order valence-corrected chi connectivity index (χ4v) is 2.86. The van der Waals surface area contributed by atoms with Crippen molar-refractivity contribution in [3.05, 3.63) is 29.3 Å². The molecule has 0 atom stereocenters. The van der Waals surface area contributed by atoms with Gasteiger partial charge in [-0.05, 0) is 31.9 Å². The number of hydrogen-bond donors (Lipinski definition) is 2. The Morgan fingerprint density at radius 3 is 2.55 bits per heavy atom. The van der Waals surface area contributed by atoms with E-state index in [1.807, 2.05) is 30.0 Å². The molecule has 5 heteroatoms. The minimum atomic E-state index is 0.0806. The summed E-state index contributed by atoms with van der Waals surface area (Å²) in [5, 5.41) is 0. The van der Waals surface area contributed by atoms with Crippen molar-refractivity contribution >= 4 is 11.6 Å². The molecule has 1 aliphatic carbocycles. The Morgan fingerprint density at radius 1 is 1.25 bits per heavy atom. The second-order valence-electron chi connectivity index (χ2n) is 5.75. The number of nitrogen functional groups attached to an aromatic ring is 1. The number of nitrogens with zero attached hydrogens (tertiary/aromatic N) is 2. The lowest BCUT2D eigenvalue weighted by molar-refractivity contribution is 0.0628. The van der Waals surface area contributed by atoms with Crippen LogP contribution in [0.1, 0.15) is 28.8 Å². The molecule has 1 amide bonds. The average Bonchev–Trinajstić information content (AvgIpc) is 3.31. The Bertz CT molecular complexity index is 505. The Kier molecular flexibility index (Phi) is 3.63. The molecule has 1 aliphatic heterocycles. The van der Waals surface area contributed by atoms with E-state index < -0.39 is 0 Å². The van der Waals surface area contributed by atoms with Gasteiger partial charge in [0.25, 0.3) is 5.91 Å². The fraction of sp³-hybridized carbons (Fsp3) is 0.533. The van der Waals surface area contributed by atoms with Gasteiger partial charge in [0.1, 0.15) is 0 Å². The molecule has 1 saturated carbocycles. The number of carbonyl (C=O) groups is 1. The van der Waals surface area contributed by atoms with Gasteiger partial charge >= 0.3 is 0 Å². The number of anilines is 1. The van der Waals surface area contributed by atoms with Crippen LogP contribution in [0.4, 0.5) is 5.69 Å². The van der Waals surface area contributed by atoms with Gasteiger partial charge in [-0.3, -0.25) is 15.5 Å². The van der Waals surface area contributed by atoms with Crippen molar-refractivity contribution in [2.24, 2.45) is 5.84 Å². The summed E-state index contributed by atoms with van der Waals surface area (Å²) in [5.41, 5.74) is 5.07. The summed E-state index contributed by atoms with van der Waals surface area (Å²) in [6.45, 7) is 5.60. The van der Waals surface area contributed by atoms with Crippen molar-refractivity contribution in [1.82, 2.24) is 9.80 Å². The van der Waals surface area contributed by atoms with Crippen molar-refractivity contribution in [3.8, 4) is 0 Å². The maximum atomic E-state index is 12.6. The SMILES string of the molecule is Cc1ccc(NN)c(C(=O)N2CCN(C3CC3)CC2)c1. The van der Waals surface area contributed by atoms with E-state index in [1.54, 1.807) is 0 Å². The van der Waals surface area contributed by atoms with Crippen LogP contribution < -0.4 is 11.3 Å². The minimum Gasteiger partial charge on any atom is -0.336 e. The number of rotatable bonds is 3. The van der Waals surface area contributed by atoms with Crippen LogP contribution in [-0.4, -0.2) is 47.9 Å². The van der Waals surface area contributed by atoms with Gasteiger partial charge in [0, 0.05) is 32.2 Å². The van der Waals surface area contributed by atoms with E-state index in [4.69, 9.17) is 5.84 Å². The monoisotopic (exact) mass is 274 g/mol. The highest BCUT2D eigenvalue weighted by Crippen LogP contribution is 2.28. The normalized spacial score (nSPS) is 20.0. The number of nitrogens with one attached hydrogen (secondary N) is 1. The predicted molar refractivity (Wildman–Crippen MR) is 79.5 cm³/mol. The summed E-state index contributed by atoms with van der Waals surface area (Å²) in [7, 11) is 0. The molecule has 2 fully saturated rings. The van der Waals surface area contributed by atoms with E-state index in [9.17, 15) is 4.79 Å². The lowest BCUT2D eigenvalue weighted by Crippen LogP contribution is -2.49. The van der Waals surface area contributed by atoms with E-state index >= 15 is 0 Å². The van der Waals surface area contributed by atoms with Gasteiger partial charge in [-0.1, -0.05) is 11.6 Å². The van der Waals surface area contributed by atoms with Crippen LogP contribution in [0.3, 0.4) is 0 Å². The molecule has 1 heterocycles. The fourth-order valence-electron chi connectivity index (χ4n) is 2.86. The van der Waals surface area contributed by atoms with E-state index in [-0.39, 0.29) is 5.91 Å². The van der Waals surface area contributed by atoms with Crippen molar-refractivity contribution in [2.45, 2.75) is 25.8 Å². The summed E-state index contributed by atoms with van der Waals surface area (Å²) >= 11 is 0. The van der Waals surface area contributed by atoms with Gasteiger partial charge in [0.2, 0.25) is 0 Å². The number of nitrogens with two attached hydrogens (primary N) is 1. The first-order chi connectivity index (χ1) is 9.69. The zero-order valence-electron chi connectivity index (χ0n) is 11.9. The summed E-state index contributed by atoms with van der Waals surface area (Å²) in [6.07, 6.45) is 2.65. The molecule has 0 spiro atoms.